The number of hydrogen-bond donors (Lipinski definition) is 4. The van der Waals surface area contributed by atoms with Crippen LogP contribution in [-0.2, 0) is 10.2 Å². The summed E-state index contributed by atoms with van der Waals surface area (Å²) < 4.78 is 5.43. The molecule has 35 heavy (non-hydrogen) atoms. The zero-order valence-corrected chi connectivity index (χ0v) is 21.4. The molecule has 0 unspecified atom stereocenters. The van der Waals surface area contributed by atoms with Crippen molar-refractivity contribution >= 4 is 29.3 Å². The number of rotatable bonds is 6. The minimum atomic E-state index is -0.694. The Morgan fingerprint density at radius 2 is 1.69 bits per heavy atom. The minimum Gasteiger partial charge on any atom is -0.444 e. The second kappa shape index (κ2) is 10.5. The Morgan fingerprint density at radius 3 is 2.31 bits per heavy atom. The number of ether oxygens (including phenoxy) is 1. The van der Waals surface area contributed by atoms with E-state index < -0.39 is 17.6 Å². The van der Waals surface area contributed by atoms with Crippen molar-refractivity contribution < 1.29 is 14.3 Å². The number of pyridine rings is 1. The van der Waals surface area contributed by atoms with Gasteiger partial charge >= 0.3 is 6.09 Å². The number of anilines is 3. The maximum atomic E-state index is 12.3. The van der Waals surface area contributed by atoms with Gasteiger partial charge < -0.3 is 26.4 Å². The van der Waals surface area contributed by atoms with E-state index in [1.807, 2.05) is 39.0 Å². The molecular weight excluding hydrogens is 446 g/mol. The number of nitrogens with one attached hydrogen (secondary N) is 3. The van der Waals surface area contributed by atoms with E-state index in [2.05, 4.69) is 51.9 Å². The highest BCUT2D eigenvalue weighted by Crippen LogP contribution is 2.27. The Morgan fingerprint density at radius 1 is 1.00 bits per heavy atom. The number of alkyl carbamates (subject to hydrolysis) is 1. The van der Waals surface area contributed by atoms with Crippen LogP contribution in [0.5, 0.6) is 0 Å². The van der Waals surface area contributed by atoms with Gasteiger partial charge in [-0.3, -0.25) is 4.79 Å². The molecule has 0 radical (unpaired) electrons. The second-order valence-corrected chi connectivity index (χ2v) is 10.9. The summed E-state index contributed by atoms with van der Waals surface area (Å²) in [6.07, 6.45) is 3.24. The molecule has 0 spiro atoms. The lowest BCUT2D eigenvalue weighted by Crippen LogP contribution is -2.49. The van der Waals surface area contributed by atoms with Crippen molar-refractivity contribution in [1.29, 1.82) is 0 Å². The molecule has 2 heterocycles. The van der Waals surface area contributed by atoms with Crippen LogP contribution in [-0.4, -0.2) is 44.9 Å². The molecule has 190 valence electrons. The summed E-state index contributed by atoms with van der Waals surface area (Å²) in [7, 11) is 0. The number of amides is 2. The van der Waals surface area contributed by atoms with Crippen LogP contribution in [0.25, 0.3) is 0 Å². The van der Waals surface area contributed by atoms with Gasteiger partial charge in [-0.2, -0.15) is 0 Å². The van der Waals surface area contributed by atoms with Gasteiger partial charge in [0.25, 0.3) is 5.91 Å². The molecule has 3 rings (SSSR count). The lowest BCUT2D eigenvalue weighted by Gasteiger charge is -2.33. The number of hydrogen-bond acceptors (Lipinski definition) is 8. The van der Waals surface area contributed by atoms with Crippen molar-refractivity contribution in [2.45, 2.75) is 90.3 Å². The van der Waals surface area contributed by atoms with Crippen LogP contribution in [0.2, 0.25) is 0 Å². The van der Waals surface area contributed by atoms with E-state index in [0.29, 0.717) is 17.3 Å². The molecular formula is C25H37N7O3. The average Bonchev–Trinajstić information content (AvgIpc) is 2.73. The fourth-order valence-electron chi connectivity index (χ4n) is 3.92. The zero-order valence-electron chi connectivity index (χ0n) is 21.4. The Kier molecular flexibility index (Phi) is 7.82. The van der Waals surface area contributed by atoms with Crippen LogP contribution >= 0.6 is 0 Å². The average molecular weight is 484 g/mol. The molecule has 2 aromatic heterocycles. The first-order chi connectivity index (χ1) is 16.3. The quantitative estimate of drug-likeness (QED) is 0.477. The topological polar surface area (TPSA) is 144 Å². The number of carbonyl (C=O) groups excluding carboxylic acids is 2. The molecule has 1 aliphatic carbocycles. The molecule has 0 bridgehead atoms. The van der Waals surface area contributed by atoms with Crippen LogP contribution in [0.1, 0.15) is 83.4 Å². The summed E-state index contributed by atoms with van der Waals surface area (Å²) in [5, 5.41) is 17.7. The number of nitrogens with zero attached hydrogens (tertiary/aromatic N) is 3. The van der Waals surface area contributed by atoms with Crippen molar-refractivity contribution in [3.05, 3.63) is 35.7 Å². The van der Waals surface area contributed by atoms with E-state index in [4.69, 9.17) is 10.5 Å². The smallest absolute Gasteiger partial charge is 0.407 e. The van der Waals surface area contributed by atoms with Gasteiger partial charge in [-0.25, -0.2) is 9.78 Å². The molecule has 1 saturated carbocycles. The maximum absolute atomic E-state index is 12.3. The highest BCUT2D eigenvalue weighted by molar-refractivity contribution is 5.97. The first-order valence-corrected chi connectivity index (χ1v) is 12.0. The summed E-state index contributed by atoms with van der Waals surface area (Å²) in [5.74, 6) is 0.342. The maximum Gasteiger partial charge on any atom is 0.407 e. The van der Waals surface area contributed by atoms with Gasteiger partial charge in [0.1, 0.15) is 11.4 Å². The van der Waals surface area contributed by atoms with Gasteiger partial charge in [0, 0.05) is 23.2 Å². The van der Waals surface area contributed by atoms with Gasteiger partial charge in [0.15, 0.2) is 11.5 Å². The Labute approximate surface area is 206 Å². The van der Waals surface area contributed by atoms with E-state index in [1.54, 1.807) is 6.07 Å². The molecule has 1 fully saturated rings. The minimum absolute atomic E-state index is 0.0191. The fraction of sp³-hybridized carbons (Fsp3) is 0.560. The molecule has 1 aliphatic rings. The third-order valence-corrected chi connectivity index (χ3v) is 5.61. The zero-order chi connectivity index (χ0) is 25.8. The predicted molar refractivity (Wildman–Crippen MR) is 136 cm³/mol. The van der Waals surface area contributed by atoms with Crippen molar-refractivity contribution in [1.82, 2.24) is 20.5 Å². The third-order valence-electron chi connectivity index (χ3n) is 5.61. The van der Waals surface area contributed by atoms with Gasteiger partial charge in [-0.05, 0) is 45.7 Å². The van der Waals surface area contributed by atoms with Crippen LogP contribution < -0.4 is 21.7 Å². The molecule has 10 nitrogen and oxygen atoms in total. The van der Waals surface area contributed by atoms with Crippen molar-refractivity contribution in [3.8, 4) is 0 Å². The number of nitrogens with two attached hydrogens (primary N) is 1. The lowest BCUT2D eigenvalue weighted by molar-refractivity contribution is 0.0488. The first kappa shape index (κ1) is 26.2. The normalized spacial score (nSPS) is 18.5. The fourth-order valence-corrected chi connectivity index (χ4v) is 3.92. The summed E-state index contributed by atoms with van der Waals surface area (Å²) in [4.78, 5) is 29.0. The number of aromatic nitrogens is 3. The first-order valence-electron chi connectivity index (χ1n) is 12.0. The number of primary amides is 1. The predicted octanol–water partition coefficient (Wildman–Crippen LogP) is 4.26. The Balaban J connectivity index is 1.81. The van der Waals surface area contributed by atoms with Crippen molar-refractivity contribution in [2.24, 2.45) is 5.73 Å². The van der Waals surface area contributed by atoms with E-state index in [-0.39, 0.29) is 23.2 Å². The second-order valence-electron chi connectivity index (χ2n) is 10.9. The molecule has 5 N–H and O–H groups in total. The van der Waals surface area contributed by atoms with Crippen molar-refractivity contribution in [2.75, 3.05) is 10.6 Å². The van der Waals surface area contributed by atoms with Crippen molar-refractivity contribution in [3.63, 3.8) is 0 Å². The summed E-state index contributed by atoms with van der Waals surface area (Å²) in [6, 6.07) is 7.17. The molecule has 0 aromatic carbocycles. The van der Waals surface area contributed by atoms with Crippen LogP contribution in [0.3, 0.4) is 0 Å². The molecule has 0 aliphatic heterocycles. The summed E-state index contributed by atoms with van der Waals surface area (Å²) in [5.41, 5.74) is 6.17. The standard InChI is InChI=1S/C25H37N7O3/c1-24(2,3)18-12-9-13-19(30-18)28-17-14-20(31-32-21(17)22(26)33)27-15-10-7-8-11-16(15)29-23(34)35-25(4,5)6/h9,12-16H,7-8,10-11H2,1-6H3,(H2,26,33)(H,29,34)(H2,27,28,30,31)/t15-,16+/m1/s1. The summed E-state index contributed by atoms with van der Waals surface area (Å²) in [6.45, 7) is 11.7. The van der Waals surface area contributed by atoms with E-state index >= 15 is 0 Å². The number of carbonyl (C=O) groups is 2. The molecule has 2 aromatic rings. The molecule has 2 amide bonds. The van der Waals surface area contributed by atoms with E-state index in [0.717, 1.165) is 31.4 Å². The van der Waals surface area contributed by atoms with Gasteiger partial charge in [-0.15, -0.1) is 10.2 Å². The third kappa shape index (κ3) is 7.53. The van der Waals surface area contributed by atoms with Crippen LogP contribution in [0.15, 0.2) is 24.3 Å². The Hall–Kier alpha value is -3.43. The van der Waals surface area contributed by atoms with E-state index in [9.17, 15) is 9.59 Å². The largest absolute Gasteiger partial charge is 0.444 e. The monoisotopic (exact) mass is 483 g/mol. The highest BCUT2D eigenvalue weighted by atomic mass is 16.6. The van der Waals surface area contributed by atoms with Crippen LogP contribution in [0.4, 0.5) is 22.1 Å². The SMILES string of the molecule is CC(C)(C)OC(=O)N[C@H]1CCCC[C@H]1Nc1cc(Nc2cccc(C(C)(C)C)n2)c(C(N)=O)nn1. The summed E-state index contributed by atoms with van der Waals surface area (Å²) >= 11 is 0. The van der Waals surface area contributed by atoms with Crippen LogP contribution in [0, 0.1) is 0 Å². The van der Waals surface area contributed by atoms with E-state index in [1.165, 1.54) is 0 Å². The molecule has 0 saturated heterocycles. The Bertz CT molecular complexity index is 1060. The molecule has 10 heteroatoms. The van der Waals surface area contributed by atoms with Gasteiger partial charge in [-0.1, -0.05) is 39.7 Å². The lowest BCUT2D eigenvalue weighted by atomic mass is 9.90. The highest BCUT2D eigenvalue weighted by Gasteiger charge is 2.29. The van der Waals surface area contributed by atoms with Gasteiger partial charge in [0.2, 0.25) is 0 Å². The van der Waals surface area contributed by atoms with Gasteiger partial charge in [0.05, 0.1) is 11.7 Å². The molecule has 2 atom stereocenters.